The van der Waals surface area contributed by atoms with Crippen molar-refractivity contribution in [3.63, 3.8) is 0 Å². The van der Waals surface area contributed by atoms with Gasteiger partial charge in [-0.3, -0.25) is 14.5 Å². The molecule has 1 aliphatic heterocycles. The number of fused-ring (bicyclic) bond motifs is 3. The van der Waals surface area contributed by atoms with Crippen molar-refractivity contribution in [2.75, 3.05) is 0 Å². The van der Waals surface area contributed by atoms with Gasteiger partial charge in [-0.05, 0) is 22.4 Å². The molecule has 3 aromatic rings. The molecule has 0 radical (unpaired) electrons. The van der Waals surface area contributed by atoms with Gasteiger partial charge < -0.3 is 0 Å². The maximum Gasteiger partial charge on any atom is 0.262 e. The Morgan fingerprint density at radius 1 is 0.727 bits per heavy atom. The minimum atomic E-state index is -0.213. The van der Waals surface area contributed by atoms with Crippen molar-refractivity contribution in [3.05, 3.63) is 83.4 Å². The Bertz CT molecular complexity index is 900. The quantitative estimate of drug-likeness (QED) is 0.675. The van der Waals surface area contributed by atoms with E-state index in [1.807, 2.05) is 60.7 Å². The van der Waals surface area contributed by atoms with Gasteiger partial charge in [0.05, 0.1) is 17.7 Å². The van der Waals surface area contributed by atoms with Gasteiger partial charge >= 0.3 is 0 Å². The third-order valence-corrected chi connectivity index (χ3v) is 4.05. The molecule has 0 bridgehead atoms. The topological polar surface area (TPSA) is 37.4 Å². The highest BCUT2D eigenvalue weighted by atomic mass is 16.2. The molecule has 0 atom stereocenters. The summed E-state index contributed by atoms with van der Waals surface area (Å²) in [6.07, 6.45) is 0. The van der Waals surface area contributed by atoms with Gasteiger partial charge in [0.1, 0.15) is 0 Å². The second-order valence-corrected chi connectivity index (χ2v) is 5.39. The van der Waals surface area contributed by atoms with Gasteiger partial charge in [-0.25, -0.2) is 0 Å². The Labute approximate surface area is 127 Å². The van der Waals surface area contributed by atoms with Crippen LogP contribution in [-0.4, -0.2) is 16.7 Å². The first kappa shape index (κ1) is 12.8. The number of hydrogen-bond acceptors (Lipinski definition) is 2. The van der Waals surface area contributed by atoms with Gasteiger partial charge in [-0.15, -0.1) is 0 Å². The molecule has 0 fully saturated rings. The smallest absolute Gasteiger partial charge is 0.262 e. The van der Waals surface area contributed by atoms with Crippen LogP contribution in [-0.2, 0) is 6.54 Å². The van der Waals surface area contributed by atoms with Crippen LogP contribution >= 0.6 is 0 Å². The van der Waals surface area contributed by atoms with E-state index in [0.29, 0.717) is 17.7 Å². The number of carbonyl (C=O) groups excluding carboxylic acids is 2. The number of amides is 2. The van der Waals surface area contributed by atoms with Crippen LogP contribution in [0.1, 0.15) is 26.3 Å². The minimum absolute atomic E-state index is 0.208. The van der Waals surface area contributed by atoms with Crippen molar-refractivity contribution in [2.45, 2.75) is 6.54 Å². The molecule has 1 heterocycles. The highest BCUT2D eigenvalue weighted by molar-refractivity contribution is 6.26. The summed E-state index contributed by atoms with van der Waals surface area (Å²) < 4.78 is 0. The summed E-state index contributed by atoms with van der Waals surface area (Å²) in [6, 6.07) is 20.9. The van der Waals surface area contributed by atoms with Crippen LogP contribution in [0.25, 0.3) is 10.8 Å². The Balaban J connectivity index is 1.81. The summed E-state index contributed by atoms with van der Waals surface area (Å²) in [6.45, 7) is 0.307. The molecule has 3 aromatic carbocycles. The molecular formula is C19H13NO2. The molecule has 0 unspecified atom stereocenters. The van der Waals surface area contributed by atoms with Gasteiger partial charge in [0.15, 0.2) is 0 Å². The summed E-state index contributed by atoms with van der Waals surface area (Å²) >= 11 is 0. The second kappa shape index (κ2) is 4.81. The van der Waals surface area contributed by atoms with Gasteiger partial charge in [0.25, 0.3) is 11.8 Å². The molecule has 0 aromatic heterocycles. The van der Waals surface area contributed by atoms with Crippen LogP contribution in [0.15, 0.2) is 66.7 Å². The van der Waals surface area contributed by atoms with Gasteiger partial charge in [-0.1, -0.05) is 60.7 Å². The summed E-state index contributed by atoms with van der Waals surface area (Å²) in [5.74, 6) is -0.421. The summed E-state index contributed by atoms with van der Waals surface area (Å²) in [4.78, 5) is 26.6. The normalized spacial score (nSPS) is 13.7. The van der Waals surface area contributed by atoms with Crippen molar-refractivity contribution in [2.24, 2.45) is 0 Å². The number of carbonyl (C=O) groups is 2. The summed E-state index contributed by atoms with van der Waals surface area (Å²) in [5, 5.41) is 1.82. The average Bonchev–Trinajstić information content (AvgIpc) is 2.81. The van der Waals surface area contributed by atoms with E-state index in [1.54, 1.807) is 6.07 Å². The standard InChI is InChI=1S/C19H13NO2/c21-18-16-11-10-14-8-4-5-9-15(14)17(16)19(22)20(18)12-13-6-2-1-3-7-13/h1-11H,12H2. The van der Waals surface area contributed by atoms with Crippen molar-refractivity contribution in [1.82, 2.24) is 4.90 Å². The molecule has 0 N–H and O–H groups in total. The van der Waals surface area contributed by atoms with Gasteiger partial charge in [-0.2, -0.15) is 0 Å². The molecule has 0 spiro atoms. The molecular weight excluding hydrogens is 274 g/mol. The first-order valence-electron chi connectivity index (χ1n) is 7.17. The van der Waals surface area contributed by atoms with Crippen LogP contribution in [0.2, 0.25) is 0 Å². The minimum Gasteiger partial charge on any atom is -0.270 e. The second-order valence-electron chi connectivity index (χ2n) is 5.39. The van der Waals surface area contributed by atoms with E-state index in [9.17, 15) is 9.59 Å². The molecule has 106 valence electrons. The SMILES string of the molecule is O=C1c2ccc3ccccc3c2C(=O)N1Cc1ccccc1. The lowest BCUT2D eigenvalue weighted by Crippen LogP contribution is -2.29. The lowest BCUT2D eigenvalue weighted by atomic mass is 10.0. The van der Waals surface area contributed by atoms with E-state index in [4.69, 9.17) is 0 Å². The average molecular weight is 287 g/mol. The molecule has 4 rings (SSSR count). The maximum atomic E-state index is 12.7. The predicted molar refractivity (Wildman–Crippen MR) is 84.6 cm³/mol. The number of benzene rings is 3. The summed E-state index contributed by atoms with van der Waals surface area (Å²) in [5.41, 5.74) is 1.97. The van der Waals surface area contributed by atoms with E-state index in [0.717, 1.165) is 16.3 Å². The maximum absolute atomic E-state index is 12.7. The van der Waals surface area contributed by atoms with Crippen molar-refractivity contribution in [1.29, 1.82) is 0 Å². The number of hydrogen-bond donors (Lipinski definition) is 0. The molecule has 3 nitrogen and oxygen atoms in total. The monoisotopic (exact) mass is 287 g/mol. The zero-order chi connectivity index (χ0) is 15.1. The lowest BCUT2D eigenvalue weighted by molar-refractivity contribution is 0.0643. The number of rotatable bonds is 2. The van der Waals surface area contributed by atoms with Crippen LogP contribution < -0.4 is 0 Å². The van der Waals surface area contributed by atoms with Crippen LogP contribution in [0, 0.1) is 0 Å². The van der Waals surface area contributed by atoms with Crippen LogP contribution in [0.5, 0.6) is 0 Å². The molecule has 1 aliphatic rings. The Kier molecular flexibility index (Phi) is 2.79. The molecule has 3 heteroatoms. The van der Waals surface area contributed by atoms with E-state index in [-0.39, 0.29) is 11.8 Å². The lowest BCUT2D eigenvalue weighted by Gasteiger charge is -2.13. The van der Waals surface area contributed by atoms with Gasteiger partial charge in [0, 0.05) is 0 Å². The zero-order valence-electron chi connectivity index (χ0n) is 11.8. The third kappa shape index (κ3) is 1.83. The number of nitrogens with zero attached hydrogens (tertiary/aromatic N) is 1. The van der Waals surface area contributed by atoms with Crippen molar-refractivity contribution in [3.8, 4) is 0 Å². The van der Waals surface area contributed by atoms with E-state index in [2.05, 4.69) is 0 Å². The van der Waals surface area contributed by atoms with Crippen LogP contribution in [0.3, 0.4) is 0 Å². The molecule has 0 saturated heterocycles. The largest absolute Gasteiger partial charge is 0.270 e. The fourth-order valence-corrected chi connectivity index (χ4v) is 2.96. The Hall–Kier alpha value is -2.94. The predicted octanol–water partition coefficient (Wildman–Crippen LogP) is 3.64. The highest BCUT2D eigenvalue weighted by Crippen LogP contribution is 2.31. The first-order chi connectivity index (χ1) is 10.8. The van der Waals surface area contributed by atoms with E-state index in [1.165, 1.54) is 4.90 Å². The molecule has 0 aliphatic carbocycles. The Morgan fingerprint density at radius 3 is 2.27 bits per heavy atom. The van der Waals surface area contributed by atoms with Crippen molar-refractivity contribution < 1.29 is 9.59 Å². The van der Waals surface area contributed by atoms with E-state index < -0.39 is 0 Å². The fraction of sp³-hybridized carbons (Fsp3) is 0.0526. The zero-order valence-corrected chi connectivity index (χ0v) is 11.8. The fourth-order valence-electron chi connectivity index (χ4n) is 2.96. The van der Waals surface area contributed by atoms with Crippen molar-refractivity contribution >= 4 is 22.6 Å². The highest BCUT2D eigenvalue weighted by Gasteiger charge is 2.36. The molecule has 22 heavy (non-hydrogen) atoms. The van der Waals surface area contributed by atoms with E-state index >= 15 is 0 Å². The number of imide groups is 1. The van der Waals surface area contributed by atoms with Crippen LogP contribution in [0.4, 0.5) is 0 Å². The first-order valence-corrected chi connectivity index (χ1v) is 7.17. The molecule has 0 saturated carbocycles. The summed E-state index contributed by atoms with van der Waals surface area (Å²) in [7, 11) is 0. The molecule has 2 amide bonds. The Morgan fingerprint density at radius 2 is 1.45 bits per heavy atom. The third-order valence-electron chi connectivity index (χ3n) is 4.05. The van der Waals surface area contributed by atoms with Gasteiger partial charge in [0.2, 0.25) is 0 Å².